The predicted molar refractivity (Wildman–Crippen MR) is 57.1 cm³/mol. The summed E-state index contributed by atoms with van der Waals surface area (Å²) in [5.41, 5.74) is 5.64. The van der Waals surface area contributed by atoms with E-state index in [1.807, 2.05) is 13.8 Å². The molecule has 88 valence electrons. The quantitative estimate of drug-likeness (QED) is 0.614. The minimum atomic E-state index is -0.498. The minimum Gasteiger partial charge on any atom is -0.469 e. The third kappa shape index (κ3) is 6.90. The van der Waals surface area contributed by atoms with Crippen LogP contribution in [0, 0.1) is 5.92 Å². The first-order valence-corrected chi connectivity index (χ1v) is 5.07. The van der Waals surface area contributed by atoms with Gasteiger partial charge in [0.15, 0.2) is 0 Å². The van der Waals surface area contributed by atoms with Gasteiger partial charge in [-0.2, -0.15) is 0 Å². The van der Waals surface area contributed by atoms with Crippen LogP contribution in [0.3, 0.4) is 0 Å². The van der Waals surface area contributed by atoms with Crippen LogP contribution in [0.25, 0.3) is 0 Å². The van der Waals surface area contributed by atoms with Crippen molar-refractivity contribution in [2.75, 3.05) is 13.7 Å². The number of ether oxygens (including phenoxy) is 1. The van der Waals surface area contributed by atoms with Crippen molar-refractivity contribution >= 4 is 11.9 Å². The molecule has 0 aliphatic carbocycles. The Bertz CT molecular complexity index is 217. The van der Waals surface area contributed by atoms with Crippen LogP contribution in [-0.4, -0.2) is 31.6 Å². The molecule has 0 aliphatic heterocycles. The van der Waals surface area contributed by atoms with Gasteiger partial charge in [-0.05, 0) is 12.3 Å². The van der Waals surface area contributed by atoms with Crippen LogP contribution in [0.1, 0.15) is 26.7 Å². The number of nitrogens with two attached hydrogens (primary N) is 1. The minimum absolute atomic E-state index is 0.177. The van der Waals surface area contributed by atoms with Gasteiger partial charge >= 0.3 is 5.97 Å². The zero-order valence-electron chi connectivity index (χ0n) is 9.58. The van der Waals surface area contributed by atoms with E-state index in [2.05, 4.69) is 10.1 Å². The molecule has 15 heavy (non-hydrogen) atoms. The summed E-state index contributed by atoms with van der Waals surface area (Å²) in [6.45, 7) is 4.28. The Hall–Kier alpha value is -1.10. The molecule has 0 aromatic carbocycles. The van der Waals surface area contributed by atoms with E-state index in [1.165, 1.54) is 7.11 Å². The second kappa shape index (κ2) is 7.23. The number of amides is 1. The third-order valence-corrected chi connectivity index (χ3v) is 1.92. The van der Waals surface area contributed by atoms with Gasteiger partial charge in [-0.15, -0.1) is 0 Å². The first kappa shape index (κ1) is 13.9. The molecule has 0 spiro atoms. The van der Waals surface area contributed by atoms with Crippen LogP contribution in [0.2, 0.25) is 0 Å². The summed E-state index contributed by atoms with van der Waals surface area (Å²) in [6, 6.07) is -0.498. The molecule has 0 heterocycles. The van der Waals surface area contributed by atoms with Crippen molar-refractivity contribution in [2.24, 2.45) is 11.7 Å². The maximum atomic E-state index is 11.4. The number of carbonyl (C=O) groups excluding carboxylic acids is 2. The summed E-state index contributed by atoms with van der Waals surface area (Å²) in [5.74, 6) is -0.174. The summed E-state index contributed by atoms with van der Waals surface area (Å²) >= 11 is 0. The van der Waals surface area contributed by atoms with Crippen molar-refractivity contribution in [1.29, 1.82) is 0 Å². The first-order chi connectivity index (χ1) is 6.97. The normalized spacial score (nSPS) is 12.3. The number of rotatable bonds is 6. The molecular weight excluding hydrogens is 196 g/mol. The second-order valence-corrected chi connectivity index (χ2v) is 3.85. The molecule has 0 fully saturated rings. The maximum absolute atomic E-state index is 11.4. The smallest absolute Gasteiger partial charge is 0.307 e. The van der Waals surface area contributed by atoms with Crippen molar-refractivity contribution in [1.82, 2.24) is 5.32 Å². The van der Waals surface area contributed by atoms with Crippen molar-refractivity contribution < 1.29 is 14.3 Å². The molecule has 0 bridgehead atoms. The Morgan fingerprint density at radius 3 is 2.47 bits per heavy atom. The van der Waals surface area contributed by atoms with E-state index in [9.17, 15) is 9.59 Å². The van der Waals surface area contributed by atoms with Crippen LogP contribution < -0.4 is 11.1 Å². The van der Waals surface area contributed by atoms with Gasteiger partial charge in [0.2, 0.25) is 5.91 Å². The Labute approximate surface area is 90.4 Å². The molecule has 0 saturated heterocycles. The lowest BCUT2D eigenvalue weighted by molar-refractivity contribution is -0.140. The Morgan fingerprint density at radius 2 is 2.00 bits per heavy atom. The fourth-order valence-corrected chi connectivity index (χ4v) is 1.14. The van der Waals surface area contributed by atoms with Gasteiger partial charge in [-0.25, -0.2) is 0 Å². The highest BCUT2D eigenvalue weighted by Gasteiger charge is 2.14. The van der Waals surface area contributed by atoms with E-state index < -0.39 is 6.04 Å². The highest BCUT2D eigenvalue weighted by atomic mass is 16.5. The maximum Gasteiger partial charge on any atom is 0.307 e. The monoisotopic (exact) mass is 216 g/mol. The highest BCUT2D eigenvalue weighted by molar-refractivity contribution is 5.81. The summed E-state index contributed by atoms with van der Waals surface area (Å²) < 4.78 is 4.44. The van der Waals surface area contributed by atoms with Gasteiger partial charge in [-0.1, -0.05) is 13.8 Å². The molecule has 0 unspecified atom stereocenters. The van der Waals surface area contributed by atoms with E-state index in [-0.39, 0.29) is 24.8 Å². The summed E-state index contributed by atoms with van der Waals surface area (Å²) in [7, 11) is 1.31. The van der Waals surface area contributed by atoms with E-state index in [0.29, 0.717) is 12.3 Å². The fourth-order valence-electron chi connectivity index (χ4n) is 1.14. The molecular formula is C10H20N2O3. The van der Waals surface area contributed by atoms with E-state index >= 15 is 0 Å². The van der Waals surface area contributed by atoms with Crippen molar-refractivity contribution in [3.63, 3.8) is 0 Å². The van der Waals surface area contributed by atoms with Crippen LogP contribution in [-0.2, 0) is 14.3 Å². The standard InChI is InChI=1S/C10H20N2O3/c1-7(2)6-8(11)10(14)12-5-4-9(13)15-3/h7-8H,4-6,11H2,1-3H3,(H,12,14)/t8-/m0/s1. The Kier molecular flexibility index (Phi) is 6.70. The number of hydrogen-bond acceptors (Lipinski definition) is 4. The highest BCUT2D eigenvalue weighted by Crippen LogP contribution is 2.02. The average Bonchev–Trinajstić information content (AvgIpc) is 2.16. The Balaban J connectivity index is 3.69. The van der Waals surface area contributed by atoms with Crippen LogP contribution in [0.4, 0.5) is 0 Å². The molecule has 0 aliphatic rings. The zero-order valence-corrected chi connectivity index (χ0v) is 9.58. The lowest BCUT2D eigenvalue weighted by atomic mass is 10.0. The van der Waals surface area contributed by atoms with Crippen molar-refractivity contribution in [2.45, 2.75) is 32.7 Å². The van der Waals surface area contributed by atoms with E-state index in [1.54, 1.807) is 0 Å². The molecule has 0 aromatic heterocycles. The first-order valence-electron chi connectivity index (χ1n) is 5.07. The topological polar surface area (TPSA) is 81.4 Å². The lowest BCUT2D eigenvalue weighted by Crippen LogP contribution is -2.42. The van der Waals surface area contributed by atoms with Gasteiger partial charge in [0.05, 0.1) is 19.6 Å². The van der Waals surface area contributed by atoms with Gasteiger partial charge in [0.25, 0.3) is 0 Å². The molecule has 0 saturated carbocycles. The molecule has 5 heteroatoms. The van der Waals surface area contributed by atoms with Crippen LogP contribution in [0.5, 0.6) is 0 Å². The van der Waals surface area contributed by atoms with Crippen LogP contribution >= 0.6 is 0 Å². The second-order valence-electron chi connectivity index (χ2n) is 3.85. The number of hydrogen-bond donors (Lipinski definition) is 2. The molecule has 5 nitrogen and oxygen atoms in total. The van der Waals surface area contributed by atoms with Crippen molar-refractivity contribution in [3.05, 3.63) is 0 Å². The number of methoxy groups -OCH3 is 1. The predicted octanol–water partition coefficient (Wildman–Crippen LogP) is 0.0391. The molecule has 0 rings (SSSR count). The summed E-state index contributed by atoms with van der Waals surface area (Å²) in [6.07, 6.45) is 0.820. The van der Waals surface area contributed by atoms with Gasteiger partial charge in [0.1, 0.15) is 0 Å². The van der Waals surface area contributed by atoms with Gasteiger partial charge < -0.3 is 15.8 Å². The zero-order chi connectivity index (χ0) is 11.8. The Morgan fingerprint density at radius 1 is 1.40 bits per heavy atom. The molecule has 1 amide bonds. The number of carbonyl (C=O) groups is 2. The molecule has 3 N–H and O–H groups in total. The molecule has 0 aromatic rings. The molecule has 0 radical (unpaired) electrons. The largest absolute Gasteiger partial charge is 0.469 e. The SMILES string of the molecule is COC(=O)CCNC(=O)[C@@H](N)CC(C)C. The lowest BCUT2D eigenvalue weighted by Gasteiger charge is -2.13. The summed E-state index contributed by atoms with van der Waals surface area (Å²) in [4.78, 5) is 22.1. The summed E-state index contributed by atoms with van der Waals surface area (Å²) in [5, 5.41) is 2.59. The average molecular weight is 216 g/mol. The van der Waals surface area contributed by atoms with Gasteiger partial charge in [0, 0.05) is 6.54 Å². The number of nitrogens with one attached hydrogen (secondary N) is 1. The molecule has 1 atom stereocenters. The van der Waals surface area contributed by atoms with Gasteiger partial charge in [-0.3, -0.25) is 9.59 Å². The van der Waals surface area contributed by atoms with E-state index in [4.69, 9.17) is 5.73 Å². The van der Waals surface area contributed by atoms with E-state index in [0.717, 1.165) is 0 Å². The third-order valence-electron chi connectivity index (χ3n) is 1.92. The van der Waals surface area contributed by atoms with Crippen LogP contribution in [0.15, 0.2) is 0 Å². The fraction of sp³-hybridized carbons (Fsp3) is 0.800. The van der Waals surface area contributed by atoms with Crippen molar-refractivity contribution in [3.8, 4) is 0 Å². The number of esters is 1.